The van der Waals surface area contributed by atoms with Gasteiger partial charge >= 0.3 is 0 Å². The third-order valence-electron chi connectivity index (χ3n) is 10.3. The van der Waals surface area contributed by atoms with Crippen LogP contribution in [0.15, 0.2) is 138 Å². The SMILES string of the molecule is C1=CC(c2ccc3c(c2)C2(C4=C(c5ccccc52)C2Sc5ccccc5C2C=C4)c2cc(-c4cncnc4)ccc2-3)NCC1. The fraction of sp³-hybridized carbons (Fsp3) is 0.150. The van der Waals surface area contributed by atoms with E-state index in [1.807, 2.05) is 24.2 Å². The third kappa shape index (κ3) is 3.22. The number of nitrogens with one attached hydrogen (secondary N) is 1. The van der Waals surface area contributed by atoms with Gasteiger partial charge in [0.1, 0.15) is 6.33 Å². The molecule has 0 bridgehead atoms. The average molecular weight is 584 g/mol. The Morgan fingerprint density at radius 2 is 1.57 bits per heavy atom. The van der Waals surface area contributed by atoms with E-state index in [9.17, 15) is 0 Å². The molecule has 5 aromatic rings. The molecule has 4 atom stereocenters. The summed E-state index contributed by atoms with van der Waals surface area (Å²) >= 11 is 2.05. The fourth-order valence-electron chi connectivity index (χ4n) is 8.53. The molecule has 3 aliphatic carbocycles. The van der Waals surface area contributed by atoms with Crippen molar-refractivity contribution in [2.45, 2.75) is 33.9 Å². The topological polar surface area (TPSA) is 37.8 Å². The second-order valence-electron chi connectivity index (χ2n) is 12.4. The lowest BCUT2D eigenvalue weighted by Gasteiger charge is -2.34. The van der Waals surface area contributed by atoms with Crippen molar-refractivity contribution in [1.29, 1.82) is 0 Å². The molecule has 4 unspecified atom stereocenters. The minimum atomic E-state index is -0.395. The summed E-state index contributed by atoms with van der Waals surface area (Å²) in [7, 11) is 0. The van der Waals surface area contributed by atoms with Crippen LogP contribution < -0.4 is 5.32 Å². The van der Waals surface area contributed by atoms with E-state index in [-0.39, 0.29) is 6.04 Å². The molecular weight excluding hydrogens is 555 g/mol. The molecular formula is C40H29N3S. The Kier molecular flexibility index (Phi) is 5.23. The zero-order valence-corrected chi connectivity index (χ0v) is 24.9. The van der Waals surface area contributed by atoms with E-state index < -0.39 is 5.41 Å². The summed E-state index contributed by atoms with van der Waals surface area (Å²) in [4.78, 5) is 10.1. The number of thioether (sulfide) groups is 1. The summed E-state index contributed by atoms with van der Waals surface area (Å²) in [6.45, 7) is 1.01. The van der Waals surface area contributed by atoms with E-state index >= 15 is 0 Å². The molecule has 44 heavy (non-hydrogen) atoms. The van der Waals surface area contributed by atoms with Crippen LogP contribution in [0.4, 0.5) is 0 Å². The first-order valence-electron chi connectivity index (χ1n) is 15.6. The standard InChI is InChI=1S/C40H29N3S/c1-3-9-32-31(8-1)38-33(17-16-30-29-7-2-4-11-37(29)44-39(30)38)40(32)34-19-24(26-21-41-23-42-22-26)12-14-27(34)28-15-13-25(20-35(28)40)36-10-5-6-18-43-36/h1-5,7-17,19-23,30,36,39,43H,6,18H2. The zero-order chi connectivity index (χ0) is 28.8. The van der Waals surface area contributed by atoms with Gasteiger partial charge < -0.3 is 5.32 Å². The van der Waals surface area contributed by atoms with Crippen molar-refractivity contribution in [1.82, 2.24) is 15.3 Å². The Labute approximate surface area is 261 Å². The number of nitrogens with zero attached hydrogens (tertiary/aromatic N) is 2. The maximum atomic E-state index is 4.36. The number of rotatable bonds is 2. The molecule has 5 aliphatic rings. The molecule has 4 heteroatoms. The molecule has 0 saturated heterocycles. The summed E-state index contributed by atoms with van der Waals surface area (Å²) < 4.78 is 0. The molecule has 0 fully saturated rings. The largest absolute Gasteiger partial charge is 0.306 e. The van der Waals surface area contributed by atoms with E-state index in [0.29, 0.717) is 11.2 Å². The molecule has 3 nitrogen and oxygen atoms in total. The van der Waals surface area contributed by atoms with Crippen molar-refractivity contribution in [3.8, 4) is 22.3 Å². The van der Waals surface area contributed by atoms with E-state index in [1.165, 1.54) is 60.5 Å². The van der Waals surface area contributed by atoms with Gasteiger partial charge in [-0.2, -0.15) is 0 Å². The molecule has 0 saturated carbocycles. The molecule has 1 N–H and O–H groups in total. The lowest BCUT2D eigenvalue weighted by molar-refractivity contribution is 0.600. The van der Waals surface area contributed by atoms with Crippen LogP contribution in [0.3, 0.4) is 0 Å². The van der Waals surface area contributed by atoms with Crippen molar-refractivity contribution < 1.29 is 0 Å². The van der Waals surface area contributed by atoms with E-state index in [2.05, 4.69) is 125 Å². The van der Waals surface area contributed by atoms with Gasteiger partial charge in [0.2, 0.25) is 0 Å². The minimum absolute atomic E-state index is 0.225. The molecule has 4 aromatic carbocycles. The predicted molar refractivity (Wildman–Crippen MR) is 179 cm³/mol. The van der Waals surface area contributed by atoms with Crippen LogP contribution >= 0.6 is 11.8 Å². The highest BCUT2D eigenvalue weighted by molar-refractivity contribution is 8.00. The summed E-state index contributed by atoms with van der Waals surface area (Å²) in [5.74, 6) is 0.384. The van der Waals surface area contributed by atoms with Crippen LogP contribution in [-0.2, 0) is 5.41 Å². The molecule has 2 aliphatic heterocycles. The smallest absolute Gasteiger partial charge is 0.115 e. The third-order valence-corrected chi connectivity index (χ3v) is 11.8. The maximum Gasteiger partial charge on any atom is 0.115 e. The Morgan fingerprint density at radius 3 is 2.45 bits per heavy atom. The van der Waals surface area contributed by atoms with Crippen LogP contribution in [0, 0.1) is 0 Å². The number of benzene rings is 4. The van der Waals surface area contributed by atoms with Crippen molar-refractivity contribution in [3.63, 3.8) is 0 Å². The van der Waals surface area contributed by atoms with Gasteiger partial charge in [-0.05, 0) is 86.3 Å². The van der Waals surface area contributed by atoms with Gasteiger partial charge in [0, 0.05) is 34.0 Å². The van der Waals surface area contributed by atoms with Crippen molar-refractivity contribution in [2.24, 2.45) is 0 Å². The summed E-state index contributed by atoms with van der Waals surface area (Å²) in [5.41, 5.74) is 15.7. The Bertz CT molecular complexity index is 2110. The first-order chi connectivity index (χ1) is 21.8. The van der Waals surface area contributed by atoms with Gasteiger partial charge in [-0.3, -0.25) is 0 Å². The first-order valence-corrected chi connectivity index (χ1v) is 16.4. The van der Waals surface area contributed by atoms with Crippen LogP contribution in [0.1, 0.15) is 51.8 Å². The molecule has 10 rings (SSSR count). The molecule has 1 spiro atoms. The maximum absolute atomic E-state index is 4.36. The van der Waals surface area contributed by atoms with Gasteiger partial charge in [0.15, 0.2) is 0 Å². The highest BCUT2D eigenvalue weighted by Crippen LogP contribution is 2.67. The number of aromatic nitrogens is 2. The lowest BCUT2D eigenvalue weighted by Crippen LogP contribution is -2.29. The van der Waals surface area contributed by atoms with Crippen LogP contribution in [0.2, 0.25) is 0 Å². The van der Waals surface area contributed by atoms with Crippen LogP contribution in [-0.4, -0.2) is 21.8 Å². The highest BCUT2D eigenvalue weighted by Gasteiger charge is 2.55. The number of fused-ring (bicyclic) bond motifs is 13. The van der Waals surface area contributed by atoms with Crippen molar-refractivity contribution >= 4 is 17.3 Å². The second kappa shape index (κ2) is 9.25. The lowest BCUT2D eigenvalue weighted by atomic mass is 9.68. The molecule has 1 aromatic heterocycles. The number of hydrogen-bond acceptors (Lipinski definition) is 4. The molecule has 0 amide bonds. The van der Waals surface area contributed by atoms with Crippen LogP contribution in [0.5, 0.6) is 0 Å². The minimum Gasteiger partial charge on any atom is -0.306 e. The summed E-state index contributed by atoms with van der Waals surface area (Å²) in [5, 5.41) is 4.10. The second-order valence-corrected chi connectivity index (χ2v) is 13.6. The van der Waals surface area contributed by atoms with Crippen molar-refractivity contribution in [3.05, 3.63) is 167 Å². The van der Waals surface area contributed by atoms with E-state index in [1.54, 1.807) is 6.33 Å². The fourth-order valence-corrected chi connectivity index (χ4v) is 10.1. The molecule has 0 radical (unpaired) electrons. The van der Waals surface area contributed by atoms with E-state index in [4.69, 9.17) is 0 Å². The number of allylic oxidation sites excluding steroid dienone is 3. The quantitative estimate of drug-likeness (QED) is 0.211. The number of hydrogen-bond donors (Lipinski definition) is 1. The Morgan fingerprint density at radius 1 is 0.750 bits per heavy atom. The first kappa shape index (κ1) is 24.9. The van der Waals surface area contributed by atoms with Crippen molar-refractivity contribution in [2.75, 3.05) is 6.54 Å². The Hall–Kier alpha value is -4.51. The summed E-state index contributed by atoms with van der Waals surface area (Å²) in [6.07, 6.45) is 16.2. The highest BCUT2D eigenvalue weighted by atomic mass is 32.2. The van der Waals surface area contributed by atoms with Gasteiger partial charge in [-0.15, -0.1) is 11.8 Å². The molecule has 210 valence electrons. The Balaban J connectivity index is 1.27. The van der Waals surface area contributed by atoms with Gasteiger partial charge in [0.05, 0.1) is 11.5 Å². The molecule has 3 heterocycles. The van der Waals surface area contributed by atoms with E-state index in [0.717, 1.165) is 24.1 Å². The van der Waals surface area contributed by atoms with Gasteiger partial charge in [-0.1, -0.05) is 97.1 Å². The monoisotopic (exact) mass is 583 g/mol. The average Bonchev–Trinajstić information content (AvgIpc) is 3.72. The van der Waals surface area contributed by atoms with Crippen LogP contribution in [0.25, 0.3) is 27.8 Å². The normalized spacial score (nSPS) is 25.0. The summed E-state index contributed by atoms with van der Waals surface area (Å²) in [6, 6.07) is 32.7. The zero-order valence-electron chi connectivity index (χ0n) is 24.1. The predicted octanol–water partition coefficient (Wildman–Crippen LogP) is 8.64. The van der Waals surface area contributed by atoms with Gasteiger partial charge in [-0.25, -0.2) is 9.97 Å². The van der Waals surface area contributed by atoms with Gasteiger partial charge in [0.25, 0.3) is 0 Å².